The zero-order chi connectivity index (χ0) is 14.3. The van der Waals surface area contributed by atoms with Crippen LogP contribution in [0.25, 0.3) is 0 Å². The van der Waals surface area contributed by atoms with Gasteiger partial charge in [-0.3, -0.25) is 0 Å². The predicted molar refractivity (Wildman–Crippen MR) is 83.5 cm³/mol. The summed E-state index contributed by atoms with van der Waals surface area (Å²) >= 11 is 0. The number of nitrogen functional groups attached to an aromatic ring is 1. The van der Waals surface area contributed by atoms with Gasteiger partial charge in [0.2, 0.25) is 0 Å². The first-order chi connectivity index (χ1) is 9.06. The number of aryl methyl sites for hydroxylation is 1. The minimum absolute atomic E-state index is 0.396. The molecule has 0 saturated carbocycles. The molecule has 3 N–H and O–H groups in total. The first-order valence-corrected chi connectivity index (χ1v) is 7.28. The van der Waals surface area contributed by atoms with Crippen LogP contribution in [0.3, 0.4) is 0 Å². The Bertz CT molecular complexity index is 374. The zero-order valence-electron chi connectivity index (χ0n) is 12.7. The molecule has 0 amide bonds. The molecule has 0 radical (unpaired) electrons. The summed E-state index contributed by atoms with van der Waals surface area (Å²) in [5.74, 6) is 0.815. The monoisotopic (exact) mass is 264 g/mol. The van der Waals surface area contributed by atoms with Crippen molar-refractivity contribution < 1.29 is 0 Å². The number of hydrogen-bond acceptors (Lipinski definition) is 4. The van der Waals surface area contributed by atoms with E-state index in [9.17, 15) is 0 Å². The van der Waals surface area contributed by atoms with Crippen molar-refractivity contribution in [2.75, 3.05) is 30.7 Å². The maximum atomic E-state index is 5.92. The third kappa shape index (κ3) is 5.47. The van der Waals surface area contributed by atoms with Crippen LogP contribution in [-0.2, 0) is 0 Å². The molecule has 0 fully saturated rings. The van der Waals surface area contributed by atoms with Crippen molar-refractivity contribution in [2.24, 2.45) is 0 Å². The van der Waals surface area contributed by atoms with Crippen LogP contribution in [0.5, 0.6) is 0 Å². The number of rotatable bonds is 8. The molecular weight excluding hydrogens is 236 g/mol. The van der Waals surface area contributed by atoms with Gasteiger partial charge >= 0.3 is 0 Å². The molecule has 1 aromatic heterocycles. The van der Waals surface area contributed by atoms with Gasteiger partial charge in [0.25, 0.3) is 0 Å². The van der Waals surface area contributed by atoms with Gasteiger partial charge in [0.15, 0.2) is 0 Å². The van der Waals surface area contributed by atoms with E-state index in [1.165, 1.54) is 6.42 Å². The SMILES string of the molecule is CCN(CC)CCCC(C)Nc1nc(C)ccc1N. The van der Waals surface area contributed by atoms with Crippen LogP contribution in [0.4, 0.5) is 11.5 Å². The van der Waals surface area contributed by atoms with Gasteiger partial charge in [-0.1, -0.05) is 13.8 Å². The first kappa shape index (κ1) is 15.8. The zero-order valence-corrected chi connectivity index (χ0v) is 12.7. The number of hydrogen-bond donors (Lipinski definition) is 2. The largest absolute Gasteiger partial charge is 0.396 e. The minimum Gasteiger partial charge on any atom is -0.396 e. The second kappa shape index (κ2) is 8.00. The molecule has 0 aliphatic heterocycles. The summed E-state index contributed by atoms with van der Waals surface area (Å²) in [5, 5.41) is 3.41. The number of aromatic nitrogens is 1. The number of nitrogens with zero attached hydrogens (tertiary/aromatic N) is 2. The Balaban J connectivity index is 2.38. The fourth-order valence-corrected chi connectivity index (χ4v) is 2.15. The van der Waals surface area contributed by atoms with E-state index in [1.807, 2.05) is 19.1 Å². The number of anilines is 2. The van der Waals surface area contributed by atoms with Gasteiger partial charge < -0.3 is 16.0 Å². The van der Waals surface area contributed by atoms with E-state index in [0.717, 1.165) is 43.3 Å². The lowest BCUT2D eigenvalue weighted by Gasteiger charge is -2.20. The van der Waals surface area contributed by atoms with E-state index in [2.05, 4.69) is 36.0 Å². The quantitative estimate of drug-likeness (QED) is 0.758. The molecule has 1 unspecified atom stereocenters. The third-order valence-corrected chi connectivity index (χ3v) is 3.45. The fraction of sp³-hybridized carbons (Fsp3) is 0.667. The number of nitrogens with two attached hydrogens (primary N) is 1. The van der Waals surface area contributed by atoms with Crippen molar-refractivity contribution in [3.63, 3.8) is 0 Å². The highest BCUT2D eigenvalue weighted by Crippen LogP contribution is 2.17. The molecule has 0 aromatic carbocycles. The van der Waals surface area contributed by atoms with Gasteiger partial charge in [0, 0.05) is 11.7 Å². The third-order valence-electron chi connectivity index (χ3n) is 3.45. The molecular formula is C15H28N4. The minimum atomic E-state index is 0.396. The van der Waals surface area contributed by atoms with Crippen LogP contribution in [0.1, 0.15) is 39.3 Å². The summed E-state index contributed by atoms with van der Waals surface area (Å²) < 4.78 is 0. The van der Waals surface area contributed by atoms with Gasteiger partial charge in [-0.25, -0.2) is 4.98 Å². The highest BCUT2D eigenvalue weighted by molar-refractivity contribution is 5.61. The van der Waals surface area contributed by atoms with Crippen molar-refractivity contribution in [2.45, 2.75) is 46.6 Å². The summed E-state index contributed by atoms with van der Waals surface area (Å²) in [6.45, 7) is 12.0. The van der Waals surface area contributed by atoms with Crippen molar-refractivity contribution in [3.8, 4) is 0 Å². The Hall–Kier alpha value is -1.29. The van der Waals surface area contributed by atoms with E-state index >= 15 is 0 Å². The van der Waals surface area contributed by atoms with Crippen LogP contribution in [0.15, 0.2) is 12.1 Å². The molecule has 1 atom stereocenters. The number of pyridine rings is 1. The van der Waals surface area contributed by atoms with E-state index < -0.39 is 0 Å². The average molecular weight is 264 g/mol. The van der Waals surface area contributed by atoms with E-state index in [4.69, 9.17) is 5.73 Å². The van der Waals surface area contributed by atoms with Crippen LogP contribution in [0, 0.1) is 6.92 Å². The van der Waals surface area contributed by atoms with E-state index in [-0.39, 0.29) is 0 Å². The molecule has 19 heavy (non-hydrogen) atoms. The summed E-state index contributed by atoms with van der Waals surface area (Å²) in [7, 11) is 0. The van der Waals surface area contributed by atoms with Crippen LogP contribution in [-0.4, -0.2) is 35.6 Å². The van der Waals surface area contributed by atoms with Gasteiger partial charge in [-0.2, -0.15) is 0 Å². The molecule has 1 aromatic rings. The lowest BCUT2D eigenvalue weighted by atomic mass is 10.1. The summed E-state index contributed by atoms with van der Waals surface area (Å²) in [4.78, 5) is 6.89. The molecule has 4 nitrogen and oxygen atoms in total. The second-order valence-electron chi connectivity index (χ2n) is 5.10. The topological polar surface area (TPSA) is 54.2 Å². The van der Waals surface area contributed by atoms with Gasteiger partial charge in [0.05, 0.1) is 5.69 Å². The molecule has 0 spiro atoms. The summed E-state index contributed by atoms with van der Waals surface area (Å²) in [6, 6.07) is 4.24. The van der Waals surface area contributed by atoms with Crippen molar-refractivity contribution in [1.29, 1.82) is 0 Å². The predicted octanol–water partition coefficient (Wildman–Crippen LogP) is 2.89. The van der Waals surface area contributed by atoms with Gasteiger partial charge in [0.1, 0.15) is 5.82 Å². The van der Waals surface area contributed by atoms with Crippen LogP contribution in [0.2, 0.25) is 0 Å². The van der Waals surface area contributed by atoms with Crippen molar-refractivity contribution in [1.82, 2.24) is 9.88 Å². The molecule has 0 aliphatic rings. The lowest BCUT2D eigenvalue weighted by Crippen LogP contribution is -2.26. The Morgan fingerprint density at radius 2 is 2.00 bits per heavy atom. The standard InChI is InChI=1S/C15H28N4/c1-5-19(6-2)11-7-8-12(3)17-15-14(16)10-9-13(4)18-15/h9-10,12H,5-8,11,16H2,1-4H3,(H,17,18). The molecule has 0 bridgehead atoms. The average Bonchev–Trinajstić information content (AvgIpc) is 2.39. The highest BCUT2D eigenvalue weighted by Gasteiger charge is 2.07. The Morgan fingerprint density at radius 3 is 2.63 bits per heavy atom. The normalized spacial score (nSPS) is 12.7. The molecule has 4 heteroatoms. The molecule has 1 rings (SSSR count). The molecule has 0 saturated heterocycles. The molecule has 108 valence electrons. The lowest BCUT2D eigenvalue weighted by molar-refractivity contribution is 0.295. The number of nitrogens with one attached hydrogen (secondary N) is 1. The second-order valence-corrected chi connectivity index (χ2v) is 5.10. The smallest absolute Gasteiger partial charge is 0.149 e. The highest BCUT2D eigenvalue weighted by atomic mass is 15.1. The maximum absolute atomic E-state index is 5.92. The van der Waals surface area contributed by atoms with E-state index in [0.29, 0.717) is 6.04 Å². The summed E-state index contributed by atoms with van der Waals surface area (Å²) in [6.07, 6.45) is 2.33. The Labute approximate surface area is 117 Å². The Morgan fingerprint density at radius 1 is 1.32 bits per heavy atom. The van der Waals surface area contributed by atoms with Crippen LogP contribution < -0.4 is 11.1 Å². The fourth-order valence-electron chi connectivity index (χ4n) is 2.15. The van der Waals surface area contributed by atoms with Gasteiger partial charge in [-0.05, 0) is 58.5 Å². The summed E-state index contributed by atoms with van der Waals surface area (Å²) in [5.41, 5.74) is 7.64. The Kier molecular flexibility index (Phi) is 6.64. The molecule has 1 heterocycles. The first-order valence-electron chi connectivity index (χ1n) is 7.28. The van der Waals surface area contributed by atoms with Crippen molar-refractivity contribution in [3.05, 3.63) is 17.8 Å². The van der Waals surface area contributed by atoms with Crippen molar-refractivity contribution >= 4 is 11.5 Å². The van der Waals surface area contributed by atoms with Gasteiger partial charge in [-0.15, -0.1) is 0 Å². The molecule has 0 aliphatic carbocycles. The van der Waals surface area contributed by atoms with E-state index in [1.54, 1.807) is 0 Å². The van der Waals surface area contributed by atoms with Crippen LogP contribution >= 0.6 is 0 Å². The maximum Gasteiger partial charge on any atom is 0.149 e.